The first-order valence-electron chi connectivity index (χ1n) is 11.4. The number of rotatable bonds is 8. The topological polar surface area (TPSA) is 81.4 Å². The lowest BCUT2D eigenvalue weighted by atomic mass is 9.76. The quantitative estimate of drug-likeness (QED) is 0.439. The minimum Gasteiger partial charge on any atom is -0.440 e. The summed E-state index contributed by atoms with van der Waals surface area (Å²) in [5.41, 5.74) is 6.62. The van der Waals surface area contributed by atoms with Crippen molar-refractivity contribution in [2.45, 2.75) is 69.9 Å². The van der Waals surface area contributed by atoms with Crippen LogP contribution in [0.3, 0.4) is 0 Å². The van der Waals surface area contributed by atoms with Crippen LogP contribution in [0.25, 0.3) is 0 Å². The standard InChI is InChI=1S/C26H32Cl2N2O3/c1-26(2,19-11-7-13-21(28)16-19)23(18-10-6-12-20(27)15-18)33-25(32)30-22(24(29)31)14-17-8-4-3-5-9-17/h6-7,10-13,15-17,22-23H,3-5,8-9,14H2,1-2H3,(H2,29,31)(H,30,32)/t22-,23?/m0/s1. The van der Waals surface area contributed by atoms with Gasteiger partial charge in [-0.25, -0.2) is 4.79 Å². The van der Waals surface area contributed by atoms with Gasteiger partial charge in [0.25, 0.3) is 0 Å². The summed E-state index contributed by atoms with van der Waals surface area (Å²) in [6.45, 7) is 3.95. The number of hydrogen-bond acceptors (Lipinski definition) is 3. The Morgan fingerprint density at radius 3 is 2.30 bits per heavy atom. The number of hydrogen-bond donors (Lipinski definition) is 2. The lowest BCUT2D eigenvalue weighted by Gasteiger charge is -2.35. The molecule has 0 radical (unpaired) electrons. The van der Waals surface area contributed by atoms with E-state index in [4.69, 9.17) is 33.7 Å². The highest BCUT2D eigenvalue weighted by molar-refractivity contribution is 6.30. The van der Waals surface area contributed by atoms with Crippen molar-refractivity contribution in [3.05, 3.63) is 69.7 Å². The molecular weight excluding hydrogens is 459 g/mol. The van der Waals surface area contributed by atoms with Gasteiger partial charge in [-0.15, -0.1) is 0 Å². The number of amides is 2. The van der Waals surface area contributed by atoms with Crippen molar-refractivity contribution < 1.29 is 14.3 Å². The van der Waals surface area contributed by atoms with Gasteiger partial charge in [0, 0.05) is 15.5 Å². The molecule has 0 aliphatic heterocycles. The number of halogens is 2. The molecule has 2 aromatic rings. The van der Waals surface area contributed by atoms with Crippen LogP contribution in [0.2, 0.25) is 10.0 Å². The number of ether oxygens (including phenoxy) is 1. The molecule has 0 bridgehead atoms. The van der Waals surface area contributed by atoms with Crippen molar-refractivity contribution in [2.75, 3.05) is 0 Å². The Balaban J connectivity index is 1.83. The maximum atomic E-state index is 13.0. The normalized spacial score (nSPS) is 16.6. The molecule has 1 fully saturated rings. The predicted octanol–water partition coefficient (Wildman–Crippen LogP) is 6.56. The van der Waals surface area contributed by atoms with Gasteiger partial charge >= 0.3 is 6.09 Å². The summed E-state index contributed by atoms with van der Waals surface area (Å²) < 4.78 is 5.96. The molecule has 2 amide bonds. The van der Waals surface area contributed by atoms with Crippen LogP contribution in [0, 0.1) is 5.92 Å². The van der Waals surface area contributed by atoms with E-state index in [-0.39, 0.29) is 0 Å². The zero-order chi connectivity index (χ0) is 24.0. The van der Waals surface area contributed by atoms with Gasteiger partial charge in [-0.3, -0.25) is 4.79 Å². The summed E-state index contributed by atoms with van der Waals surface area (Å²) in [7, 11) is 0. The Hall–Kier alpha value is -2.24. The van der Waals surface area contributed by atoms with Gasteiger partial charge < -0.3 is 15.8 Å². The second-order valence-electron chi connectivity index (χ2n) is 9.41. The van der Waals surface area contributed by atoms with Crippen LogP contribution in [0.4, 0.5) is 4.79 Å². The van der Waals surface area contributed by atoms with E-state index in [9.17, 15) is 9.59 Å². The van der Waals surface area contributed by atoms with Gasteiger partial charge in [0.1, 0.15) is 12.1 Å². The van der Waals surface area contributed by atoms with Crippen LogP contribution in [0.15, 0.2) is 48.5 Å². The third kappa shape index (κ3) is 6.87. The molecule has 33 heavy (non-hydrogen) atoms. The van der Waals surface area contributed by atoms with Gasteiger partial charge in [-0.2, -0.15) is 0 Å². The number of carbonyl (C=O) groups excluding carboxylic acids is 2. The van der Waals surface area contributed by atoms with Crippen molar-refractivity contribution in [3.8, 4) is 0 Å². The fourth-order valence-electron chi connectivity index (χ4n) is 4.63. The third-order valence-corrected chi connectivity index (χ3v) is 7.00. The second-order valence-corrected chi connectivity index (χ2v) is 10.3. The molecule has 2 atom stereocenters. The van der Waals surface area contributed by atoms with Crippen LogP contribution in [-0.4, -0.2) is 18.0 Å². The molecule has 178 valence electrons. The molecule has 1 saturated carbocycles. The molecule has 1 unspecified atom stereocenters. The summed E-state index contributed by atoms with van der Waals surface area (Å²) in [5.74, 6) is -0.172. The molecule has 0 aromatic heterocycles. The van der Waals surface area contributed by atoms with Gasteiger partial charge in [-0.1, -0.05) is 93.4 Å². The monoisotopic (exact) mass is 490 g/mol. The number of alkyl carbamates (subject to hydrolysis) is 1. The Kier molecular flexibility index (Phi) is 8.66. The number of benzene rings is 2. The van der Waals surface area contributed by atoms with Crippen molar-refractivity contribution in [1.29, 1.82) is 0 Å². The van der Waals surface area contributed by atoms with E-state index in [2.05, 4.69) is 5.32 Å². The fourth-order valence-corrected chi connectivity index (χ4v) is 5.02. The predicted molar refractivity (Wildman–Crippen MR) is 132 cm³/mol. The largest absolute Gasteiger partial charge is 0.440 e. The van der Waals surface area contributed by atoms with E-state index in [0.717, 1.165) is 36.8 Å². The maximum absolute atomic E-state index is 13.0. The Bertz CT molecular complexity index is 974. The van der Waals surface area contributed by atoms with Crippen LogP contribution in [0.1, 0.15) is 69.6 Å². The van der Waals surface area contributed by atoms with Crippen LogP contribution >= 0.6 is 23.2 Å². The minimum absolute atomic E-state index is 0.378. The summed E-state index contributed by atoms with van der Waals surface area (Å²) in [6.07, 6.45) is 4.77. The number of primary amides is 1. The molecule has 2 aromatic carbocycles. The first-order valence-corrected chi connectivity index (χ1v) is 12.2. The molecule has 1 aliphatic carbocycles. The molecule has 5 nitrogen and oxygen atoms in total. The summed E-state index contributed by atoms with van der Waals surface area (Å²) in [4.78, 5) is 25.1. The van der Waals surface area contributed by atoms with Crippen molar-refractivity contribution in [3.63, 3.8) is 0 Å². The summed E-state index contributed by atoms with van der Waals surface area (Å²) in [5, 5.41) is 3.85. The molecule has 0 heterocycles. The average Bonchev–Trinajstić information content (AvgIpc) is 2.77. The fraction of sp³-hybridized carbons (Fsp3) is 0.462. The van der Waals surface area contributed by atoms with E-state index < -0.39 is 29.6 Å². The highest BCUT2D eigenvalue weighted by Gasteiger charge is 2.37. The lowest BCUT2D eigenvalue weighted by Crippen LogP contribution is -2.47. The highest BCUT2D eigenvalue weighted by atomic mass is 35.5. The van der Waals surface area contributed by atoms with E-state index in [0.29, 0.717) is 22.4 Å². The minimum atomic E-state index is -0.769. The molecule has 0 saturated heterocycles. The maximum Gasteiger partial charge on any atom is 0.408 e. The first kappa shape index (κ1) is 25.4. The van der Waals surface area contributed by atoms with Gasteiger partial charge in [0.05, 0.1) is 0 Å². The molecule has 0 spiro atoms. The Morgan fingerprint density at radius 1 is 1.06 bits per heavy atom. The Labute approximate surface area is 206 Å². The van der Waals surface area contributed by atoms with E-state index in [1.54, 1.807) is 18.2 Å². The van der Waals surface area contributed by atoms with E-state index >= 15 is 0 Å². The lowest BCUT2D eigenvalue weighted by molar-refractivity contribution is -0.120. The number of nitrogens with one attached hydrogen (secondary N) is 1. The number of carbonyl (C=O) groups is 2. The molecule has 1 aliphatic rings. The number of nitrogens with two attached hydrogens (primary N) is 1. The second kappa shape index (κ2) is 11.3. The summed E-state index contributed by atoms with van der Waals surface area (Å²) >= 11 is 12.5. The smallest absolute Gasteiger partial charge is 0.408 e. The molecule has 3 rings (SSSR count). The summed E-state index contributed by atoms with van der Waals surface area (Å²) in [6, 6.07) is 13.9. The SMILES string of the molecule is CC(C)(c1cccc(Cl)c1)C(OC(=O)N[C@@H](CC1CCCCC1)C(N)=O)c1cccc(Cl)c1. The molecule has 7 heteroatoms. The van der Waals surface area contributed by atoms with Crippen LogP contribution in [-0.2, 0) is 14.9 Å². The van der Waals surface area contributed by atoms with Gasteiger partial charge in [-0.05, 0) is 47.7 Å². The van der Waals surface area contributed by atoms with Gasteiger partial charge in [0.15, 0.2) is 0 Å². The van der Waals surface area contributed by atoms with Gasteiger partial charge in [0.2, 0.25) is 5.91 Å². The highest BCUT2D eigenvalue weighted by Crippen LogP contribution is 2.41. The third-order valence-electron chi connectivity index (χ3n) is 6.53. The van der Waals surface area contributed by atoms with E-state index in [1.165, 1.54) is 6.42 Å². The zero-order valence-corrected chi connectivity index (χ0v) is 20.7. The molecular formula is C26H32Cl2N2O3. The average molecular weight is 491 g/mol. The van der Waals surface area contributed by atoms with Crippen LogP contribution in [0.5, 0.6) is 0 Å². The van der Waals surface area contributed by atoms with E-state index in [1.807, 2.05) is 44.2 Å². The molecule has 3 N–H and O–H groups in total. The Morgan fingerprint density at radius 2 is 1.70 bits per heavy atom. The van der Waals surface area contributed by atoms with Crippen molar-refractivity contribution >= 4 is 35.2 Å². The van der Waals surface area contributed by atoms with Crippen LogP contribution < -0.4 is 11.1 Å². The van der Waals surface area contributed by atoms with Crippen molar-refractivity contribution in [1.82, 2.24) is 5.32 Å². The van der Waals surface area contributed by atoms with Crippen molar-refractivity contribution in [2.24, 2.45) is 11.7 Å². The first-order chi connectivity index (χ1) is 15.7. The zero-order valence-electron chi connectivity index (χ0n) is 19.2.